The number of amides is 1. The highest BCUT2D eigenvalue weighted by molar-refractivity contribution is 5.96. The number of allylic oxidation sites excluding steroid dienone is 1. The second kappa shape index (κ2) is 7.73. The zero-order valence-electron chi connectivity index (χ0n) is 14.5. The molecule has 1 unspecified atom stereocenters. The molecular weight excluding hydrogens is 300 g/mol. The molecule has 0 aliphatic rings. The van der Waals surface area contributed by atoms with E-state index < -0.39 is 0 Å². The fraction of sp³-hybridized carbons (Fsp3) is 0.316. The first kappa shape index (κ1) is 17.7. The average molecular weight is 324 g/mol. The number of nitrogens with one attached hydrogen (secondary N) is 1. The Kier molecular flexibility index (Phi) is 5.68. The van der Waals surface area contributed by atoms with Crippen molar-refractivity contribution >= 4 is 11.6 Å². The van der Waals surface area contributed by atoms with E-state index in [1.165, 1.54) is 0 Å². The van der Waals surface area contributed by atoms with Gasteiger partial charge in [0.2, 0.25) is 5.91 Å². The minimum Gasteiger partial charge on any atom is -0.322 e. The molecule has 0 aromatic carbocycles. The number of nitrogens with zero attached hydrogens (tertiary/aromatic N) is 3. The molecule has 0 bridgehead atoms. The van der Waals surface area contributed by atoms with Crippen molar-refractivity contribution in [1.82, 2.24) is 14.8 Å². The summed E-state index contributed by atoms with van der Waals surface area (Å²) >= 11 is 0. The Hall–Kier alpha value is -2.69. The lowest BCUT2D eigenvalue weighted by Gasteiger charge is -2.13. The number of carbonyl (C=O) groups excluding carboxylic acids is 1. The van der Waals surface area contributed by atoms with Gasteiger partial charge >= 0.3 is 0 Å². The van der Waals surface area contributed by atoms with E-state index in [2.05, 4.69) is 35.5 Å². The summed E-state index contributed by atoms with van der Waals surface area (Å²) in [6.07, 6.45) is 7.83. The Morgan fingerprint density at radius 1 is 1.42 bits per heavy atom. The Balaban J connectivity index is 2.37. The van der Waals surface area contributed by atoms with Crippen LogP contribution in [0.5, 0.6) is 0 Å². The molecular formula is C19H24N4O. The number of anilines is 1. The first-order valence-electron chi connectivity index (χ1n) is 8.00. The highest BCUT2D eigenvalue weighted by Crippen LogP contribution is 2.29. The number of aryl methyl sites for hydroxylation is 1. The van der Waals surface area contributed by atoms with Gasteiger partial charge in [-0.2, -0.15) is 5.10 Å². The predicted molar refractivity (Wildman–Crippen MR) is 97.7 cm³/mol. The van der Waals surface area contributed by atoms with Crippen molar-refractivity contribution in [2.75, 3.05) is 5.32 Å². The lowest BCUT2D eigenvalue weighted by Crippen LogP contribution is -2.18. The summed E-state index contributed by atoms with van der Waals surface area (Å²) in [5.74, 6) is -0.0817. The third-order valence-corrected chi connectivity index (χ3v) is 4.04. The van der Waals surface area contributed by atoms with Crippen molar-refractivity contribution in [3.05, 3.63) is 55.5 Å². The second-order valence-electron chi connectivity index (χ2n) is 5.94. The molecule has 0 saturated heterocycles. The standard InChI is InChI=1S/C19H24N4O/c1-6-8-14(4)16-11-15(9-10-20-16)18-17(12-21-23(18)5)22-19(24)13(3)7-2/h6-7,9-14H,1-2,8H2,3-5H3,(H,22,24)/t13-,14?/m1/s1. The molecule has 0 aliphatic carbocycles. The Morgan fingerprint density at radius 2 is 2.17 bits per heavy atom. The quantitative estimate of drug-likeness (QED) is 0.785. The van der Waals surface area contributed by atoms with Gasteiger partial charge in [-0.15, -0.1) is 13.2 Å². The summed E-state index contributed by atoms with van der Waals surface area (Å²) in [6, 6.07) is 3.96. The summed E-state index contributed by atoms with van der Waals surface area (Å²) in [7, 11) is 1.86. The molecule has 5 nitrogen and oxygen atoms in total. The molecule has 1 amide bonds. The molecule has 2 aromatic rings. The van der Waals surface area contributed by atoms with E-state index in [1.807, 2.05) is 25.3 Å². The molecule has 5 heteroatoms. The number of hydrogen-bond donors (Lipinski definition) is 1. The fourth-order valence-corrected chi connectivity index (χ4v) is 2.46. The second-order valence-corrected chi connectivity index (χ2v) is 5.94. The zero-order valence-corrected chi connectivity index (χ0v) is 14.5. The van der Waals surface area contributed by atoms with Crippen LogP contribution in [0, 0.1) is 5.92 Å². The molecule has 0 radical (unpaired) electrons. The maximum absolute atomic E-state index is 12.2. The van der Waals surface area contributed by atoms with Gasteiger partial charge in [-0.25, -0.2) is 0 Å². The molecule has 0 fully saturated rings. The predicted octanol–water partition coefficient (Wildman–Crippen LogP) is 3.92. The van der Waals surface area contributed by atoms with Crippen LogP contribution in [0.2, 0.25) is 0 Å². The summed E-state index contributed by atoms with van der Waals surface area (Å²) in [6.45, 7) is 11.4. The third-order valence-electron chi connectivity index (χ3n) is 4.04. The van der Waals surface area contributed by atoms with Gasteiger partial charge in [0.05, 0.1) is 23.5 Å². The normalized spacial score (nSPS) is 13.1. The summed E-state index contributed by atoms with van der Waals surface area (Å²) in [4.78, 5) is 16.6. The topological polar surface area (TPSA) is 59.8 Å². The van der Waals surface area contributed by atoms with Gasteiger partial charge in [0.15, 0.2) is 0 Å². The summed E-state index contributed by atoms with van der Waals surface area (Å²) in [5.41, 5.74) is 3.50. The van der Waals surface area contributed by atoms with Crippen LogP contribution in [0.1, 0.15) is 31.9 Å². The third kappa shape index (κ3) is 3.79. The van der Waals surface area contributed by atoms with Crippen molar-refractivity contribution < 1.29 is 4.79 Å². The average Bonchev–Trinajstić information content (AvgIpc) is 2.94. The van der Waals surface area contributed by atoms with E-state index in [0.717, 1.165) is 23.4 Å². The molecule has 0 saturated carbocycles. The van der Waals surface area contributed by atoms with E-state index in [4.69, 9.17) is 0 Å². The SMILES string of the molecule is C=CCC(C)c1cc(-c2c(NC(=O)[C@H](C)C=C)cnn2C)ccn1. The van der Waals surface area contributed by atoms with Crippen LogP contribution >= 0.6 is 0 Å². The van der Waals surface area contributed by atoms with Crippen molar-refractivity contribution in [2.24, 2.45) is 13.0 Å². The monoisotopic (exact) mass is 324 g/mol. The summed E-state index contributed by atoms with van der Waals surface area (Å²) in [5, 5.41) is 7.21. The first-order valence-corrected chi connectivity index (χ1v) is 8.00. The molecule has 24 heavy (non-hydrogen) atoms. The number of rotatable bonds is 7. The highest BCUT2D eigenvalue weighted by Gasteiger charge is 2.17. The number of hydrogen-bond acceptors (Lipinski definition) is 3. The molecule has 0 aliphatic heterocycles. The minimum absolute atomic E-state index is 0.103. The van der Waals surface area contributed by atoms with Crippen LogP contribution in [-0.2, 0) is 11.8 Å². The van der Waals surface area contributed by atoms with Crippen LogP contribution in [0.15, 0.2) is 49.8 Å². The van der Waals surface area contributed by atoms with Gasteiger partial charge in [0.1, 0.15) is 0 Å². The molecule has 1 N–H and O–H groups in total. The zero-order chi connectivity index (χ0) is 17.7. The van der Waals surface area contributed by atoms with Gasteiger partial charge in [-0.3, -0.25) is 14.5 Å². The largest absolute Gasteiger partial charge is 0.322 e. The molecule has 2 rings (SSSR count). The van der Waals surface area contributed by atoms with Crippen LogP contribution < -0.4 is 5.32 Å². The molecule has 2 atom stereocenters. The van der Waals surface area contributed by atoms with E-state index >= 15 is 0 Å². The van der Waals surface area contributed by atoms with Crippen LogP contribution in [-0.4, -0.2) is 20.7 Å². The maximum Gasteiger partial charge on any atom is 0.231 e. The Labute approximate surface area is 143 Å². The van der Waals surface area contributed by atoms with Gasteiger partial charge in [0.25, 0.3) is 0 Å². The van der Waals surface area contributed by atoms with Crippen LogP contribution in [0.4, 0.5) is 5.69 Å². The molecule has 2 aromatic heterocycles. The van der Waals surface area contributed by atoms with Crippen molar-refractivity contribution in [3.63, 3.8) is 0 Å². The van der Waals surface area contributed by atoms with Crippen LogP contribution in [0.25, 0.3) is 11.3 Å². The molecule has 0 spiro atoms. The first-order chi connectivity index (χ1) is 11.5. The van der Waals surface area contributed by atoms with Gasteiger partial charge in [0, 0.05) is 30.4 Å². The van der Waals surface area contributed by atoms with Gasteiger partial charge < -0.3 is 5.32 Å². The summed E-state index contributed by atoms with van der Waals surface area (Å²) < 4.78 is 1.76. The smallest absolute Gasteiger partial charge is 0.231 e. The van der Waals surface area contributed by atoms with E-state index in [0.29, 0.717) is 5.69 Å². The van der Waals surface area contributed by atoms with Gasteiger partial charge in [-0.1, -0.05) is 26.0 Å². The van der Waals surface area contributed by atoms with E-state index in [-0.39, 0.29) is 17.7 Å². The lowest BCUT2D eigenvalue weighted by atomic mass is 10.0. The van der Waals surface area contributed by atoms with E-state index in [1.54, 1.807) is 30.1 Å². The van der Waals surface area contributed by atoms with Gasteiger partial charge in [-0.05, 0) is 18.6 Å². The fourth-order valence-electron chi connectivity index (χ4n) is 2.46. The number of pyridine rings is 1. The van der Waals surface area contributed by atoms with Crippen molar-refractivity contribution in [1.29, 1.82) is 0 Å². The number of carbonyl (C=O) groups is 1. The molecule has 126 valence electrons. The highest BCUT2D eigenvalue weighted by atomic mass is 16.1. The van der Waals surface area contributed by atoms with Crippen LogP contribution in [0.3, 0.4) is 0 Å². The van der Waals surface area contributed by atoms with E-state index in [9.17, 15) is 4.79 Å². The van der Waals surface area contributed by atoms with Crippen molar-refractivity contribution in [2.45, 2.75) is 26.2 Å². The number of aromatic nitrogens is 3. The lowest BCUT2D eigenvalue weighted by molar-refractivity contribution is -0.118. The molecule has 2 heterocycles. The van der Waals surface area contributed by atoms with Crippen molar-refractivity contribution in [3.8, 4) is 11.3 Å². The Morgan fingerprint density at radius 3 is 2.83 bits per heavy atom. The Bertz CT molecular complexity index is 748. The maximum atomic E-state index is 12.2. The minimum atomic E-state index is -0.265.